The summed E-state index contributed by atoms with van der Waals surface area (Å²) < 4.78 is 10.6. The zero-order valence-electron chi connectivity index (χ0n) is 10.5. The molecular formula is C12H23NO3. The van der Waals surface area contributed by atoms with Gasteiger partial charge in [0.15, 0.2) is 0 Å². The number of nitrogens with one attached hydrogen (secondary N) is 1. The van der Waals surface area contributed by atoms with Crippen molar-refractivity contribution in [1.82, 2.24) is 5.32 Å². The number of hydrogen-bond acceptors (Lipinski definition) is 4. The molecule has 0 aromatic carbocycles. The number of carbonyl (C=O) groups is 1. The summed E-state index contributed by atoms with van der Waals surface area (Å²) in [4.78, 5) is 11.6. The average molecular weight is 229 g/mol. The Hall–Kier alpha value is -0.610. The minimum atomic E-state index is -0.171. The van der Waals surface area contributed by atoms with Gasteiger partial charge in [-0.3, -0.25) is 4.79 Å². The van der Waals surface area contributed by atoms with Gasteiger partial charge in [-0.2, -0.15) is 0 Å². The van der Waals surface area contributed by atoms with Gasteiger partial charge in [-0.15, -0.1) is 0 Å². The van der Waals surface area contributed by atoms with Crippen LogP contribution in [0.5, 0.6) is 0 Å². The highest BCUT2D eigenvalue weighted by Crippen LogP contribution is 2.09. The van der Waals surface area contributed by atoms with E-state index >= 15 is 0 Å². The highest BCUT2D eigenvalue weighted by Gasteiger charge is 2.21. The molecule has 4 heteroatoms. The first kappa shape index (κ1) is 13.5. The van der Waals surface area contributed by atoms with Crippen molar-refractivity contribution in [3.8, 4) is 0 Å². The fraction of sp³-hybridized carbons (Fsp3) is 0.917. The van der Waals surface area contributed by atoms with Crippen LogP contribution in [0.3, 0.4) is 0 Å². The van der Waals surface area contributed by atoms with Crippen molar-refractivity contribution in [2.45, 2.75) is 51.7 Å². The lowest BCUT2D eigenvalue weighted by Crippen LogP contribution is -2.41. The van der Waals surface area contributed by atoms with Crippen LogP contribution in [0.2, 0.25) is 0 Å². The van der Waals surface area contributed by atoms with Crippen molar-refractivity contribution in [1.29, 1.82) is 0 Å². The lowest BCUT2D eigenvalue weighted by Gasteiger charge is -2.23. The highest BCUT2D eigenvalue weighted by molar-refractivity contribution is 5.75. The molecule has 0 aromatic heterocycles. The van der Waals surface area contributed by atoms with E-state index in [0.29, 0.717) is 13.2 Å². The Labute approximate surface area is 97.7 Å². The van der Waals surface area contributed by atoms with Gasteiger partial charge in [-0.25, -0.2) is 0 Å². The molecule has 0 spiro atoms. The third kappa shape index (κ3) is 5.47. The van der Waals surface area contributed by atoms with E-state index in [0.717, 1.165) is 25.8 Å². The quantitative estimate of drug-likeness (QED) is 0.586. The molecule has 1 aliphatic rings. The SMILES string of the molecule is CC(C)(C)OCCOC(=O)[C@H]1CCCCN1. The summed E-state index contributed by atoms with van der Waals surface area (Å²) in [5.41, 5.74) is -0.171. The molecular weight excluding hydrogens is 206 g/mol. The Morgan fingerprint density at radius 3 is 2.62 bits per heavy atom. The predicted octanol–water partition coefficient (Wildman–Crippen LogP) is 1.49. The highest BCUT2D eigenvalue weighted by atomic mass is 16.6. The molecule has 0 unspecified atom stereocenters. The van der Waals surface area contributed by atoms with Crippen LogP contribution in [0.25, 0.3) is 0 Å². The molecule has 0 amide bonds. The number of hydrogen-bond donors (Lipinski definition) is 1. The summed E-state index contributed by atoms with van der Waals surface area (Å²) in [6, 6.07) is -0.108. The Kier molecular flexibility index (Phi) is 5.22. The first-order valence-corrected chi connectivity index (χ1v) is 6.03. The number of esters is 1. The van der Waals surface area contributed by atoms with E-state index in [1.165, 1.54) is 0 Å². The second kappa shape index (κ2) is 6.21. The van der Waals surface area contributed by atoms with Crippen LogP contribution in [-0.2, 0) is 14.3 Å². The van der Waals surface area contributed by atoms with Crippen molar-refractivity contribution < 1.29 is 14.3 Å². The van der Waals surface area contributed by atoms with Gasteiger partial charge in [-0.05, 0) is 40.2 Å². The van der Waals surface area contributed by atoms with Crippen molar-refractivity contribution in [3.63, 3.8) is 0 Å². The van der Waals surface area contributed by atoms with E-state index in [9.17, 15) is 4.79 Å². The lowest BCUT2D eigenvalue weighted by atomic mass is 10.1. The topological polar surface area (TPSA) is 47.6 Å². The lowest BCUT2D eigenvalue weighted by molar-refractivity contribution is -0.150. The summed E-state index contributed by atoms with van der Waals surface area (Å²) in [6.07, 6.45) is 3.14. The first-order chi connectivity index (χ1) is 7.49. The minimum Gasteiger partial charge on any atom is -0.462 e. The average Bonchev–Trinajstić information content (AvgIpc) is 2.24. The molecule has 1 rings (SSSR count). The van der Waals surface area contributed by atoms with E-state index < -0.39 is 0 Å². The normalized spacial score (nSPS) is 21.8. The van der Waals surface area contributed by atoms with Crippen molar-refractivity contribution in [3.05, 3.63) is 0 Å². The first-order valence-electron chi connectivity index (χ1n) is 6.03. The maximum absolute atomic E-state index is 11.6. The summed E-state index contributed by atoms with van der Waals surface area (Å²) >= 11 is 0. The molecule has 4 nitrogen and oxygen atoms in total. The molecule has 0 aliphatic carbocycles. The molecule has 1 N–H and O–H groups in total. The Morgan fingerprint density at radius 1 is 1.31 bits per heavy atom. The molecule has 0 saturated carbocycles. The van der Waals surface area contributed by atoms with Crippen molar-refractivity contribution in [2.24, 2.45) is 0 Å². The largest absolute Gasteiger partial charge is 0.462 e. The Balaban J connectivity index is 2.10. The summed E-state index contributed by atoms with van der Waals surface area (Å²) in [5.74, 6) is -0.141. The molecule has 94 valence electrons. The van der Waals surface area contributed by atoms with Crippen molar-refractivity contribution >= 4 is 5.97 Å². The van der Waals surface area contributed by atoms with Crippen LogP contribution in [0.4, 0.5) is 0 Å². The molecule has 0 aromatic rings. The zero-order valence-corrected chi connectivity index (χ0v) is 10.5. The van der Waals surface area contributed by atoms with E-state index in [1.54, 1.807) is 0 Å². The van der Waals surface area contributed by atoms with E-state index in [2.05, 4.69) is 5.32 Å². The van der Waals surface area contributed by atoms with Gasteiger partial charge in [0.1, 0.15) is 12.6 Å². The maximum atomic E-state index is 11.6. The van der Waals surface area contributed by atoms with Crippen LogP contribution in [-0.4, -0.2) is 37.4 Å². The fourth-order valence-corrected chi connectivity index (χ4v) is 1.64. The van der Waals surface area contributed by atoms with Gasteiger partial charge in [0.2, 0.25) is 0 Å². The third-order valence-electron chi connectivity index (χ3n) is 2.46. The Morgan fingerprint density at radius 2 is 2.06 bits per heavy atom. The summed E-state index contributed by atoms with van der Waals surface area (Å²) in [6.45, 7) is 7.67. The van der Waals surface area contributed by atoms with Crippen LogP contribution < -0.4 is 5.32 Å². The maximum Gasteiger partial charge on any atom is 0.323 e. The zero-order chi connectivity index (χ0) is 12.0. The molecule has 16 heavy (non-hydrogen) atoms. The second-order valence-electron chi connectivity index (χ2n) is 5.13. The molecule has 0 bridgehead atoms. The standard InChI is InChI=1S/C12H23NO3/c1-12(2,3)16-9-8-15-11(14)10-6-4-5-7-13-10/h10,13H,4-9H2,1-3H3/t10-/m1/s1. The van der Waals surface area contributed by atoms with Crippen molar-refractivity contribution in [2.75, 3.05) is 19.8 Å². The van der Waals surface area contributed by atoms with E-state index in [-0.39, 0.29) is 17.6 Å². The molecule has 1 saturated heterocycles. The van der Waals surface area contributed by atoms with Gasteiger partial charge in [0.25, 0.3) is 0 Å². The number of rotatable bonds is 4. The fourth-order valence-electron chi connectivity index (χ4n) is 1.64. The molecule has 0 radical (unpaired) electrons. The van der Waals surface area contributed by atoms with Gasteiger partial charge in [0.05, 0.1) is 12.2 Å². The van der Waals surface area contributed by atoms with Gasteiger partial charge in [-0.1, -0.05) is 6.42 Å². The second-order valence-corrected chi connectivity index (χ2v) is 5.13. The Bertz CT molecular complexity index is 217. The number of carbonyl (C=O) groups excluding carboxylic acids is 1. The van der Waals surface area contributed by atoms with E-state index in [4.69, 9.17) is 9.47 Å². The predicted molar refractivity (Wildman–Crippen MR) is 62.3 cm³/mol. The summed E-state index contributed by atoms with van der Waals surface area (Å²) in [5, 5.41) is 3.16. The van der Waals surface area contributed by atoms with Crippen LogP contribution in [0.1, 0.15) is 40.0 Å². The number of piperidine rings is 1. The van der Waals surface area contributed by atoms with Gasteiger partial charge >= 0.3 is 5.97 Å². The molecule has 1 heterocycles. The van der Waals surface area contributed by atoms with Crippen LogP contribution in [0, 0.1) is 0 Å². The molecule has 1 fully saturated rings. The smallest absolute Gasteiger partial charge is 0.323 e. The summed E-state index contributed by atoms with van der Waals surface area (Å²) in [7, 11) is 0. The monoisotopic (exact) mass is 229 g/mol. The van der Waals surface area contributed by atoms with Crippen LogP contribution in [0.15, 0.2) is 0 Å². The molecule has 1 aliphatic heterocycles. The number of ether oxygens (including phenoxy) is 2. The molecule has 1 atom stereocenters. The third-order valence-corrected chi connectivity index (χ3v) is 2.46. The van der Waals surface area contributed by atoms with Gasteiger partial charge < -0.3 is 14.8 Å². The van der Waals surface area contributed by atoms with E-state index in [1.807, 2.05) is 20.8 Å². The minimum absolute atomic E-state index is 0.108. The van der Waals surface area contributed by atoms with Gasteiger partial charge in [0, 0.05) is 0 Å². The van der Waals surface area contributed by atoms with Crippen LogP contribution >= 0.6 is 0 Å².